The van der Waals surface area contributed by atoms with Crippen LogP contribution in [0.4, 0.5) is 14.6 Å². The zero-order valence-corrected chi connectivity index (χ0v) is 22.3. The van der Waals surface area contributed by atoms with Crippen LogP contribution in [0, 0.1) is 12.8 Å². The second-order valence-corrected chi connectivity index (χ2v) is 12.8. The Labute approximate surface area is 217 Å². The van der Waals surface area contributed by atoms with Gasteiger partial charge in [0.15, 0.2) is 0 Å². The summed E-state index contributed by atoms with van der Waals surface area (Å²) in [4.78, 5) is 2.41. The number of halogens is 2. The van der Waals surface area contributed by atoms with Gasteiger partial charge < -0.3 is 20.6 Å². The third-order valence-corrected chi connectivity index (χ3v) is 9.03. The predicted molar refractivity (Wildman–Crippen MR) is 141 cm³/mol. The van der Waals surface area contributed by atoms with Gasteiger partial charge in [-0.2, -0.15) is 0 Å². The molecule has 0 unspecified atom stereocenters. The van der Waals surface area contributed by atoms with E-state index in [1.54, 1.807) is 0 Å². The van der Waals surface area contributed by atoms with Crippen LogP contribution in [0.5, 0.6) is 5.75 Å². The van der Waals surface area contributed by atoms with E-state index in [0.717, 1.165) is 77.0 Å². The average molecular weight is 538 g/mol. The van der Waals surface area contributed by atoms with Crippen molar-refractivity contribution in [1.29, 1.82) is 0 Å². The standard InChI is InChI=1S/C26H37F2N5O3S/c1-18-14-24(31-32-25(18)22-6-5-20(15-23(22)34)26(2,27)28)30-21-4-3-10-33(17-21)11-9-29-16-19-7-12-37(35,36)13-8-19/h5-6,14-15,19,21,29,34H,3-4,7-13,16-17H2,1-2H3,(H,30,31)/t21-/m1/s1. The van der Waals surface area contributed by atoms with E-state index >= 15 is 0 Å². The Morgan fingerprint density at radius 3 is 2.59 bits per heavy atom. The molecule has 204 valence electrons. The van der Waals surface area contributed by atoms with E-state index < -0.39 is 15.8 Å². The topological polar surface area (TPSA) is 107 Å². The van der Waals surface area contributed by atoms with Gasteiger partial charge in [0.1, 0.15) is 21.4 Å². The molecule has 0 spiro atoms. The number of hydrogen-bond acceptors (Lipinski definition) is 8. The molecular formula is C26H37F2N5O3S. The molecule has 2 aliphatic rings. The molecule has 3 N–H and O–H groups in total. The van der Waals surface area contributed by atoms with Gasteiger partial charge >= 0.3 is 0 Å². The molecule has 3 heterocycles. The van der Waals surface area contributed by atoms with Crippen LogP contribution < -0.4 is 10.6 Å². The van der Waals surface area contributed by atoms with Gasteiger partial charge in [0, 0.05) is 43.7 Å². The van der Waals surface area contributed by atoms with E-state index in [1.807, 2.05) is 13.0 Å². The highest BCUT2D eigenvalue weighted by Gasteiger charge is 2.26. The third kappa shape index (κ3) is 7.58. The molecule has 0 aliphatic carbocycles. The van der Waals surface area contributed by atoms with E-state index in [-0.39, 0.29) is 17.4 Å². The highest BCUT2D eigenvalue weighted by Crippen LogP contribution is 2.36. The van der Waals surface area contributed by atoms with Crippen molar-refractivity contribution in [3.63, 3.8) is 0 Å². The van der Waals surface area contributed by atoms with Gasteiger partial charge in [0.2, 0.25) is 0 Å². The summed E-state index contributed by atoms with van der Waals surface area (Å²) < 4.78 is 50.3. The van der Waals surface area contributed by atoms with Crippen LogP contribution in [-0.2, 0) is 15.8 Å². The number of nitrogens with zero attached hydrogens (tertiary/aromatic N) is 3. The Balaban J connectivity index is 1.27. The van der Waals surface area contributed by atoms with Crippen molar-refractivity contribution < 1.29 is 22.3 Å². The normalized spacial score (nSPS) is 21.1. The number of piperidine rings is 1. The number of rotatable bonds is 9. The number of aryl methyl sites for hydroxylation is 1. The zero-order chi connectivity index (χ0) is 26.6. The van der Waals surface area contributed by atoms with Crippen LogP contribution in [-0.4, -0.2) is 78.9 Å². The van der Waals surface area contributed by atoms with Gasteiger partial charge in [-0.15, -0.1) is 10.2 Å². The van der Waals surface area contributed by atoms with Crippen molar-refractivity contribution in [3.8, 4) is 17.0 Å². The number of nitrogens with one attached hydrogen (secondary N) is 2. The van der Waals surface area contributed by atoms with Crippen LogP contribution >= 0.6 is 0 Å². The fourth-order valence-electron chi connectivity index (χ4n) is 5.10. The van der Waals surface area contributed by atoms with Crippen LogP contribution in [0.1, 0.15) is 43.7 Å². The molecule has 4 rings (SSSR count). The first-order chi connectivity index (χ1) is 17.5. The summed E-state index contributed by atoms with van der Waals surface area (Å²) >= 11 is 0. The summed E-state index contributed by atoms with van der Waals surface area (Å²) in [6.45, 7) is 7.25. The number of alkyl halides is 2. The lowest BCUT2D eigenvalue weighted by atomic mass is 10.0. The quantitative estimate of drug-likeness (QED) is 0.417. The molecular weight excluding hydrogens is 500 g/mol. The Morgan fingerprint density at radius 2 is 1.92 bits per heavy atom. The van der Waals surface area contributed by atoms with Crippen LogP contribution in [0.3, 0.4) is 0 Å². The molecule has 11 heteroatoms. The Kier molecular flexibility index (Phi) is 8.65. The fourth-order valence-corrected chi connectivity index (χ4v) is 6.69. The van der Waals surface area contributed by atoms with Crippen molar-refractivity contribution in [2.45, 2.75) is 51.5 Å². The Morgan fingerprint density at radius 1 is 1.16 bits per heavy atom. The van der Waals surface area contributed by atoms with Crippen molar-refractivity contribution in [3.05, 3.63) is 35.4 Å². The monoisotopic (exact) mass is 537 g/mol. The van der Waals surface area contributed by atoms with Crippen molar-refractivity contribution >= 4 is 15.7 Å². The van der Waals surface area contributed by atoms with E-state index in [9.17, 15) is 22.3 Å². The Bertz CT molecular complexity index is 1180. The second kappa shape index (κ2) is 11.6. The van der Waals surface area contributed by atoms with Crippen LogP contribution in [0.15, 0.2) is 24.3 Å². The largest absolute Gasteiger partial charge is 0.507 e. The molecule has 1 aromatic heterocycles. The minimum absolute atomic E-state index is 0.233. The lowest BCUT2D eigenvalue weighted by molar-refractivity contribution is 0.0172. The van der Waals surface area contributed by atoms with Crippen molar-refractivity contribution in [2.24, 2.45) is 5.92 Å². The van der Waals surface area contributed by atoms with E-state index in [1.165, 1.54) is 12.1 Å². The molecule has 37 heavy (non-hydrogen) atoms. The smallest absolute Gasteiger partial charge is 0.270 e. The number of aromatic nitrogens is 2. The van der Waals surface area contributed by atoms with Crippen molar-refractivity contribution in [1.82, 2.24) is 20.4 Å². The molecule has 1 atom stereocenters. The third-order valence-electron chi connectivity index (χ3n) is 7.31. The van der Waals surface area contributed by atoms with Gasteiger partial charge in [0.25, 0.3) is 5.92 Å². The van der Waals surface area contributed by atoms with Gasteiger partial charge in [-0.1, -0.05) is 6.07 Å². The number of benzene rings is 1. The highest BCUT2D eigenvalue weighted by molar-refractivity contribution is 7.91. The summed E-state index contributed by atoms with van der Waals surface area (Å²) in [7, 11) is -2.81. The summed E-state index contributed by atoms with van der Waals surface area (Å²) in [5, 5.41) is 25.9. The lowest BCUT2D eigenvalue weighted by Gasteiger charge is -2.33. The SMILES string of the molecule is Cc1cc(N[C@@H]2CCCN(CCNCC3CCS(=O)(=O)CC3)C2)nnc1-c1ccc(C(C)(F)F)cc1O. The van der Waals surface area contributed by atoms with Gasteiger partial charge in [0.05, 0.1) is 17.2 Å². The second-order valence-electron chi connectivity index (χ2n) is 10.5. The summed E-state index contributed by atoms with van der Waals surface area (Å²) in [5.74, 6) is -1.57. The molecule has 0 radical (unpaired) electrons. The van der Waals surface area contributed by atoms with E-state index in [4.69, 9.17) is 0 Å². The number of hydrogen-bond donors (Lipinski definition) is 3. The summed E-state index contributed by atoms with van der Waals surface area (Å²) in [6, 6.07) is 5.93. The number of phenols is 1. The minimum atomic E-state index is -3.03. The number of sulfone groups is 1. The Hall–Kier alpha value is -2.37. The molecule has 2 aromatic rings. The van der Waals surface area contributed by atoms with E-state index in [2.05, 4.69) is 25.7 Å². The molecule has 0 bridgehead atoms. The maximum atomic E-state index is 13.6. The number of anilines is 1. The van der Waals surface area contributed by atoms with E-state index in [0.29, 0.717) is 34.5 Å². The molecule has 2 saturated heterocycles. The molecule has 2 aliphatic heterocycles. The first-order valence-electron chi connectivity index (χ1n) is 13.0. The number of likely N-dealkylation sites (tertiary alicyclic amines) is 1. The molecule has 8 nitrogen and oxygen atoms in total. The lowest BCUT2D eigenvalue weighted by Crippen LogP contribution is -2.45. The molecule has 1 aromatic carbocycles. The van der Waals surface area contributed by atoms with Gasteiger partial charge in [-0.3, -0.25) is 0 Å². The first-order valence-corrected chi connectivity index (χ1v) is 14.8. The average Bonchev–Trinajstić information content (AvgIpc) is 2.83. The summed E-state index contributed by atoms with van der Waals surface area (Å²) in [6.07, 6.45) is 3.61. The van der Waals surface area contributed by atoms with Crippen LogP contribution in [0.2, 0.25) is 0 Å². The van der Waals surface area contributed by atoms with Gasteiger partial charge in [-0.05, 0) is 75.4 Å². The molecule has 2 fully saturated rings. The maximum absolute atomic E-state index is 13.6. The predicted octanol–water partition coefficient (Wildman–Crippen LogP) is 3.56. The summed E-state index contributed by atoms with van der Waals surface area (Å²) in [5.41, 5.74) is 1.37. The van der Waals surface area contributed by atoms with Crippen molar-refractivity contribution in [2.75, 3.05) is 49.5 Å². The maximum Gasteiger partial charge on any atom is 0.270 e. The van der Waals surface area contributed by atoms with Crippen LogP contribution in [0.25, 0.3) is 11.3 Å². The fraction of sp³-hybridized carbons (Fsp3) is 0.615. The number of aromatic hydroxyl groups is 1. The highest BCUT2D eigenvalue weighted by atomic mass is 32.2. The zero-order valence-electron chi connectivity index (χ0n) is 21.5. The van der Waals surface area contributed by atoms with Gasteiger partial charge in [-0.25, -0.2) is 17.2 Å². The minimum Gasteiger partial charge on any atom is -0.507 e. The first kappa shape index (κ1) is 27.7. The number of phenolic OH excluding ortho intramolecular Hbond substituents is 1. The molecule has 0 amide bonds. The molecule has 0 saturated carbocycles.